The second-order valence-corrected chi connectivity index (χ2v) is 17.8. The van der Waals surface area contributed by atoms with Gasteiger partial charge in [-0.2, -0.15) is 0 Å². The molecular weight excluding hydrogens is 801 g/mol. The van der Waals surface area contributed by atoms with Gasteiger partial charge in [-0.15, -0.1) is 6.58 Å². The van der Waals surface area contributed by atoms with E-state index >= 15 is 0 Å². The van der Waals surface area contributed by atoms with E-state index < -0.39 is 17.7 Å². The summed E-state index contributed by atoms with van der Waals surface area (Å²) in [4.78, 5) is 22.7. The lowest BCUT2D eigenvalue weighted by Gasteiger charge is -2.60. The minimum absolute atomic E-state index is 0.0761. The Bertz CT molecular complexity index is 2470. The minimum Gasteiger partial charge on any atom is -0.459 e. The van der Waals surface area contributed by atoms with E-state index in [1.54, 1.807) is 13.2 Å². The van der Waals surface area contributed by atoms with Gasteiger partial charge in [0.25, 0.3) is 0 Å². The van der Waals surface area contributed by atoms with E-state index in [0.29, 0.717) is 37.3 Å². The average molecular weight is 861 g/mol. The second-order valence-electron chi connectivity index (χ2n) is 17.8. The number of oxime groups is 1. The zero-order chi connectivity index (χ0) is 44.0. The Hall–Kier alpha value is -5.74. The van der Waals surface area contributed by atoms with Crippen LogP contribution >= 0.6 is 0 Å². The summed E-state index contributed by atoms with van der Waals surface area (Å²) < 4.78 is 21.4. The maximum Gasteiger partial charge on any atom is 0.239 e. The predicted octanol–water partition coefficient (Wildman–Crippen LogP) is 11.0. The largest absolute Gasteiger partial charge is 0.459 e. The van der Waals surface area contributed by atoms with Crippen LogP contribution in [0, 0.1) is 23.7 Å². The van der Waals surface area contributed by atoms with Crippen molar-refractivity contribution in [1.82, 2.24) is 4.90 Å². The highest BCUT2D eigenvalue weighted by Crippen LogP contribution is 2.62. The van der Waals surface area contributed by atoms with Crippen LogP contribution < -0.4 is 9.47 Å². The summed E-state index contributed by atoms with van der Waals surface area (Å²) in [6.07, 6.45) is 11.0. The third-order valence-corrected chi connectivity index (χ3v) is 13.8. The molecule has 6 unspecified atom stereocenters. The maximum atomic E-state index is 15.0. The lowest BCUT2D eigenvalue weighted by molar-refractivity contribution is -0.258. The van der Waals surface area contributed by atoms with Crippen LogP contribution in [0.3, 0.4) is 0 Å². The second kappa shape index (κ2) is 19.6. The lowest BCUT2D eigenvalue weighted by Crippen LogP contribution is -2.70. The van der Waals surface area contributed by atoms with Crippen molar-refractivity contribution >= 4 is 22.4 Å². The summed E-state index contributed by atoms with van der Waals surface area (Å²) in [5.41, 5.74) is 6.11. The summed E-state index contributed by atoms with van der Waals surface area (Å²) in [6, 6.07) is 38.6. The van der Waals surface area contributed by atoms with Crippen LogP contribution in [-0.4, -0.2) is 65.5 Å². The van der Waals surface area contributed by atoms with E-state index in [4.69, 9.17) is 24.2 Å². The highest BCUT2D eigenvalue weighted by molar-refractivity contribution is 6.03. The molecule has 9 nitrogen and oxygen atoms in total. The topological polar surface area (TPSA) is 110 Å². The SMILES string of the molecule is C=CCOC12Oc3ccc(Oc4ccc(-c5ccccc5)cc4)cc3C3C(CCCCO)C(CCCCO)C=C(C(=NOC)CC1N(Cc1cccc4ccccc14)C(=O)C1CC1)C32. The summed E-state index contributed by atoms with van der Waals surface area (Å²) in [6.45, 7) is 4.91. The number of fused-ring (bicyclic) bond motifs is 3. The van der Waals surface area contributed by atoms with Crippen molar-refractivity contribution in [1.29, 1.82) is 0 Å². The molecule has 2 saturated carbocycles. The molecule has 64 heavy (non-hydrogen) atoms. The number of carbonyl (C=O) groups excluding carboxylic acids is 1. The van der Waals surface area contributed by atoms with Gasteiger partial charge >= 0.3 is 0 Å². The third kappa shape index (κ3) is 8.73. The molecule has 0 saturated heterocycles. The number of hydrogen-bond acceptors (Lipinski definition) is 8. The molecule has 0 spiro atoms. The molecule has 6 atom stereocenters. The number of rotatable bonds is 19. The van der Waals surface area contributed by atoms with Crippen molar-refractivity contribution < 1.29 is 34.1 Å². The molecule has 332 valence electrons. The van der Waals surface area contributed by atoms with Crippen LogP contribution in [0.25, 0.3) is 21.9 Å². The van der Waals surface area contributed by atoms with Crippen molar-refractivity contribution in [3.05, 3.63) is 151 Å². The van der Waals surface area contributed by atoms with E-state index in [2.05, 4.69) is 73.3 Å². The van der Waals surface area contributed by atoms with Crippen LogP contribution in [0.15, 0.2) is 145 Å². The van der Waals surface area contributed by atoms with Crippen molar-refractivity contribution in [3.63, 3.8) is 0 Å². The van der Waals surface area contributed by atoms with Crippen LogP contribution in [0.5, 0.6) is 17.2 Å². The first-order valence-corrected chi connectivity index (χ1v) is 23.2. The van der Waals surface area contributed by atoms with Gasteiger partial charge in [0.1, 0.15) is 30.4 Å². The predicted molar refractivity (Wildman–Crippen MR) is 251 cm³/mol. The number of benzene rings is 5. The molecule has 0 radical (unpaired) electrons. The van der Waals surface area contributed by atoms with Gasteiger partial charge in [0, 0.05) is 43.6 Å². The van der Waals surface area contributed by atoms with E-state index in [9.17, 15) is 15.0 Å². The first-order chi connectivity index (χ1) is 31.5. The van der Waals surface area contributed by atoms with Crippen molar-refractivity contribution in [3.8, 4) is 28.4 Å². The van der Waals surface area contributed by atoms with Crippen LogP contribution in [-0.2, 0) is 20.9 Å². The number of amides is 1. The smallest absolute Gasteiger partial charge is 0.239 e. The number of nitrogens with zero attached hydrogens (tertiary/aromatic N) is 2. The average Bonchev–Trinajstić information content (AvgIpc) is 4.18. The van der Waals surface area contributed by atoms with E-state index in [-0.39, 0.29) is 49.4 Å². The number of carbonyl (C=O) groups is 1. The summed E-state index contributed by atoms with van der Waals surface area (Å²) in [5, 5.41) is 27.0. The molecule has 2 fully saturated rings. The Morgan fingerprint density at radius 3 is 2.33 bits per heavy atom. The van der Waals surface area contributed by atoms with Crippen molar-refractivity contribution in [2.75, 3.05) is 26.9 Å². The summed E-state index contributed by atoms with van der Waals surface area (Å²) >= 11 is 0. The monoisotopic (exact) mass is 860 g/mol. The number of aliphatic hydroxyl groups is 2. The Morgan fingerprint density at radius 2 is 1.58 bits per heavy atom. The molecule has 2 N–H and O–H groups in total. The summed E-state index contributed by atoms with van der Waals surface area (Å²) in [5.74, 6) is 0.457. The standard InChI is InChI=1S/C55H60N2O7/c1-3-32-62-55-51(57(54(60)40-22-23-40)36-42-19-13-18-39-16-7-8-20-45(39)42)35-49(56-61-2)47-33-41(17-9-11-30-58)46(21-10-12-31-59)52(53(47)55)48-34-44(28-29-50(48)64-55)63-43-26-24-38(25-27-43)37-14-5-4-6-15-37/h3-8,13-16,18-20,24-29,33-34,40-41,46,51-53,58-59H,1,9-12,17,21-23,30-32,35-36H2,2H3. The van der Waals surface area contributed by atoms with E-state index in [1.165, 1.54) is 0 Å². The number of allylic oxidation sites excluding steroid dienone is 1. The molecule has 1 heterocycles. The minimum atomic E-state index is -1.33. The molecule has 1 amide bonds. The Morgan fingerprint density at radius 1 is 0.859 bits per heavy atom. The normalized spacial score (nSPS) is 24.0. The van der Waals surface area contributed by atoms with Crippen LogP contribution in [0.4, 0.5) is 0 Å². The highest BCUT2D eigenvalue weighted by atomic mass is 16.7. The molecule has 4 aliphatic rings. The fraction of sp³-hybridized carbons (Fsp3) is 0.382. The molecule has 3 aliphatic carbocycles. The number of aliphatic hydroxyl groups excluding tert-OH is 2. The van der Waals surface area contributed by atoms with Crippen molar-refractivity contribution in [2.24, 2.45) is 28.8 Å². The molecule has 9 rings (SSSR count). The Balaban J connectivity index is 1.20. The molecular formula is C55H60N2O7. The fourth-order valence-corrected chi connectivity index (χ4v) is 10.8. The fourth-order valence-electron chi connectivity index (χ4n) is 10.8. The van der Waals surface area contributed by atoms with Gasteiger partial charge in [0.2, 0.25) is 11.7 Å². The van der Waals surface area contributed by atoms with E-state index in [1.807, 2.05) is 59.5 Å². The van der Waals surface area contributed by atoms with Gasteiger partial charge in [0.15, 0.2) is 0 Å². The first kappa shape index (κ1) is 43.5. The van der Waals surface area contributed by atoms with Gasteiger partial charge in [-0.1, -0.05) is 115 Å². The quantitative estimate of drug-likeness (QED) is 0.0483. The molecule has 9 heteroatoms. The first-order valence-electron chi connectivity index (χ1n) is 23.2. The van der Waals surface area contributed by atoms with E-state index in [0.717, 1.165) is 88.6 Å². The number of unbranched alkanes of at least 4 members (excludes halogenated alkanes) is 2. The maximum absolute atomic E-state index is 15.0. The number of hydrogen-bond donors (Lipinski definition) is 2. The van der Waals surface area contributed by atoms with Gasteiger partial charge in [-0.3, -0.25) is 4.79 Å². The van der Waals surface area contributed by atoms with Gasteiger partial charge in [0.05, 0.1) is 18.2 Å². The summed E-state index contributed by atoms with van der Waals surface area (Å²) in [7, 11) is 1.58. The van der Waals surface area contributed by atoms with Gasteiger partial charge in [-0.25, -0.2) is 0 Å². The molecule has 0 bridgehead atoms. The molecule has 5 aromatic rings. The third-order valence-electron chi connectivity index (χ3n) is 13.8. The molecule has 0 aromatic heterocycles. The zero-order valence-corrected chi connectivity index (χ0v) is 36.8. The molecule has 1 aliphatic heterocycles. The Labute approximate surface area is 377 Å². The van der Waals surface area contributed by atoms with Crippen molar-refractivity contribution in [2.45, 2.75) is 82.1 Å². The highest BCUT2D eigenvalue weighted by Gasteiger charge is 2.66. The number of ether oxygens (including phenoxy) is 3. The van der Waals surface area contributed by atoms with Crippen LogP contribution in [0.2, 0.25) is 0 Å². The molecule has 5 aromatic carbocycles. The zero-order valence-electron chi connectivity index (χ0n) is 36.8. The Kier molecular flexibility index (Phi) is 13.3. The van der Waals surface area contributed by atoms with Crippen LogP contribution in [0.1, 0.15) is 74.8 Å². The van der Waals surface area contributed by atoms with Gasteiger partial charge < -0.3 is 34.2 Å². The lowest BCUT2D eigenvalue weighted by atomic mass is 9.55. The van der Waals surface area contributed by atoms with Gasteiger partial charge in [-0.05, 0) is 114 Å².